The lowest BCUT2D eigenvalue weighted by Gasteiger charge is -2.28. The van der Waals surface area contributed by atoms with Gasteiger partial charge in [0, 0.05) is 19.6 Å². The zero-order valence-corrected chi connectivity index (χ0v) is 9.18. The average molecular weight is 206 g/mol. The zero-order valence-electron chi connectivity index (χ0n) is 8.36. The molecule has 0 aromatic carbocycles. The average Bonchev–Trinajstić information content (AvgIpc) is 2.49. The maximum Gasteiger partial charge on any atom is 0.224 e. The third-order valence-corrected chi connectivity index (χ3v) is 3.37. The summed E-state index contributed by atoms with van der Waals surface area (Å²) < 4.78 is 24.3. The van der Waals surface area contributed by atoms with Crippen LogP contribution in [0.15, 0.2) is 0 Å². The molecule has 78 valence electrons. The second kappa shape index (κ2) is 4.39. The lowest BCUT2D eigenvalue weighted by molar-refractivity contribution is 0.0905. The molecule has 1 aliphatic heterocycles. The van der Waals surface area contributed by atoms with Crippen molar-refractivity contribution in [3.8, 4) is 0 Å². The van der Waals surface area contributed by atoms with E-state index in [2.05, 4.69) is 0 Å². The quantitative estimate of drug-likeness (QED) is 0.679. The molecule has 4 nitrogen and oxygen atoms in total. The van der Waals surface area contributed by atoms with E-state index in [4.69, 9.17) is 0 Å². The van der Waals surface area contributed by atoms with Crippen molar-refractivity contribution in [3.63, 3.8) is 0 Å². The van der Waals surface area contributed by atoms with Gasteiger partial charge >= 0.3 is 0 Å². The van der Waals surface area contributed by atoms with E-state index in [0.29, 0.717) is 6.54 Å². The molecule has 0 unspecified atom stereocenters. The summed E-state index contributed by atoms with van der Waals surface area (Å²) in [4.78, 5) is 0. The molecule has 1 saturated heterocycles. The Morgan fingerprint density at radius 1 is 1.31 bits per heavy atom. The third-order valence-electron chi connectivity index (χ3n) is 2.20. The minimum Gasteiger partial charge on any atom is -0.228 e. The maximum absolute atomic E-state index is 11.4. The van der Waals surface area contributed by atoms with Crippen LogP contribution in [0.3, 0.4) is 0 Å². The van der Waals surface area contributed by atoms with Crippen LogP contribution in [0.25, 0.3) is 0 Å². The van der Waals surface area contributed by atoms with E-state index in [9.17, 15) is 8.42 Å². The maximum atomic E-state index is 11.4. The standard InChI is InChI=1S/C8H18N2O2S/c1-3-6-10(13(2,11)12)9-7-4-5-8-9/h3-8H2,1-2H3. The van der Waals surface area contributed by atoms with Crippen LogP contribution in [0, 0.1) is 0 Å². The van der Waals surface area contributed by atoms with Crippen molar-refractivity contribution < 1.29 is 8.42 Å². The number of nitrogens with zero attached hydrogens (tertiary/aromatic N) is 2. The second-order valence-corrected chi connectivity index (χ2v) is 5.36. The molecule has 0 amide bonds. The van der Waals surface area contributed by atoms with Crippen LogP contribution in [-0.2, 0) is 10.0 Å². The molecule has 0 bridgehead atoms. The van der Waals surface area contributed by atoms with Crippen LogP contribution in [0.1, 0.15) is 26.2 Å². The predicted molar refractivity (Wildman–Crippen MR) is 52.6 cm³/mol. The molecule has 0 saturated carbocycles. The second-order valence-electron chi connectivity index (χ2n) is 3.47. The SMILES string of the molecule is CCCN(N1CCCC1)S(C)(=O)=O. The largest absolute Gasteiger partial charge is 0.228 e. The van der Waals surface area contributed by atoms with E-state index >= 15 is 0 Å². The molecule has 5 heteroatoms. The van der Waals surface area contributed by atoms with Gasteiger partial charge in [0.1, 0.15) is 0 Å². The lowest BCUT2D eigenvalue weighted by Crippen LogP contribution is -2.44. The molecule has 0 radical (unpaired) electrons. The Hall–Kier alpha value is -0.130. The van der Waals surface area contributed by atoms with E-state index < -0.39 is 10.0 Å². The summed E-state index contributed by atoms with van der Waals surface area (Å²) in [6.45, 7) is 4.37. The Morgan fingerprint density at radius 2 is 1.85 bits per heavy atom. The van der Waals surface area contributed by atoms with Gasteiger partial charge < -0.3 is 0 Å². The molecule has 0 aromatic rings. The van der Waals surface area contributed by atoms with Gasteiger partial charge in [0.15, 0.2) is 0 Å². The van der Waals surface area contributed by atoms with Gasteiger partial charge in [0.05, 0.1) is 6.26 Å². The Balaban J connectivity index is 2.66. The monoisotopic (exact) mass is 206 g/mol. The molecule has 1 fully saturated rings. The normalized spacial score (nSPS) is 19.9. The molecule has 0 aliphatic carbocycles. The van der Waals surface area contributed by atoms with Crippen molar-refractivity contribution in [3.05, 3.63) is 0 Å². The minimum atomic E-state index is -3.05. The van der Waals surface area contributed by atoms with Crippen molar-refractivity contribution in [1.82, 2.24) is 9.42 Å². The topological polar surface area (TPSA) is 40.6 Å². The highest BCUT2D eigenvalue weighted by Gasteiger charge is 2.25. The van der Waals surface area contributed by atoms with Gasteiger partial charge in [0.2, 0.25) is 10.0 Å². The summed E-state index contributed by atoms with van der Waals surface area (Å²) in [5.74, 6) is 0. The van der Waals surface area contributed by atoms with Gasteiger partial charge in [-0.1, -0.05) is 6.92 Å². The number of sulfonamides is 1. The first kappa shape index (κ1) is 10.9. The number of hydrogen-bond donors (Lipinski definition) is 0. The van der Waals surface area contributed by atoms with Crippen LogP contribution < -0.4 is 0 Å². The Bertz CT molecular complexity index is 245. The van der Waals surface area contributed by atoms with Gasteiger partial charge in [-0.3, -0.25) is 0 Å². The number of rotatable bonds is 4. The Morgan fingerprint density at radius 3 is 2.23 bits per heavy atom. The van der Waals surface area contributed by atoms with Gasteiger partial charge in [-0.05, 0) is 19.3 Å². The molecular formula is C8H18N2O2S. The lowest BCUT2D eigenvalue weighted by atomic mass is 10.4. The van der Waals surface area contributed by atoms with Crippen LogP contribution in [0.5, 0.6) is 0 Å². The van der Waals surface area contributed by atoms with Crippen molar-refractivity contribution in [2.45, 2.75) is 26.2 Å². The van der Waals surface area contributed by atoms with Crippen LogP contribution >= 0.6 is 0 Å². The first-order valence-electron chi connectivity index (χ1n) is 4.78. The third kappa shape index (κ3) is 2.93. The molecule has 0 spiro atoms. The van der Waals surface area contributed by atoms with Gasteiger partial charge in [-0.25, -0.2) is 13.4 Å². The summed E-state index contributed by atoms with van der Waals surface area (Å²) >= 11 is 0. The van der Waals surface area contributed by atoms with E-state index in [1.807, 2.05) is 11.9 Å². The van der Waals surface area contributed by atoms with Crippen molar-refractivity contribution >= 4 is 10.0 Å². The first-order valence-corrected chi connectivity index (χ1v) is 6.63. The van der Waals surface area contributed by atoms with Crippen LogP contribution in [0.4, 0.5) is 0 Å². The molecule has 1 aliphatic rings. The highest BCUT2D eigenvalue weighted by molar-refractivity contribution is 7.88. The summed E-state index contributed by atoms with van der Waals surface area (Å²) in [6, 6.07) is 0. The smallest absolute Gasteiger partial charge is 0.224 e. The fourth-order valence-corrected chi connectivity index (χ4v) is 2.73. The number of hydrogen-bond acceptors (Lipinski definition) is 3. The predicted octanol–water partition coefficient (Wildman–Crippen LogP) is 0.669. The Labute approximate surface area is 80.5 Å². The van der Waals surface area contributed by atoms with Crippen molar-refractivity contribution in [1.29, 1.82) is 0 Å². The van der Waals surface area contributed by atoms with Gasteiger partial charge in [0.25, 0.3) is 0 Å². The van der Waals surface area contributed by atoms with E-state index in [1.54, 1.807) is 0 Å². The van der Waals surface area contributed by atoms with Gasteiger partial charge in [-0.2, -0.15) is 0 Å². The van der Waals surface area contributed by atoms with Crippen molar-refractivity contribution in [2.24, 2.45) is 0 Å². The minimum absolute atomic E-state index is 0.610. The van der Waals surface area contributed by atoms with E-state index in [1.165, 1.54) is 10.7 Å². The van der Waals surface area contributed by atoms with E-state index in [0.717, 1.165) is 32.4 Å². The highest BCUT2D eigenvalue weighted by Crippen LogP contribution is 2.14. The van der Waals surface area contributed by atoms with Crippen molar-refractivity contribution in [2.75, 3.05) is 25.9 Å². The summed E-state index contributed by atoms with van der Waals surface area (Å²) in [5, 5.41) is 1.94. The fourth-order valence-electron chi connectivity index (χ4n) is 1.63. The summed E-state index contributed by atoms with van der Waals surface area (Å²) in [7, 11) is -3.05. The highest BCUT2D eigenvalue weighted by atomic mass is 32.2. The molecule has 0 aromatic heterocycles. The zero-order chi connectivity index (χ0) is 9.90. The molecule has 13 heavy (non-hydrogen) atoms. The fraction of sp³-hybridized carbons (Fsp3) is 1.00. The van der Waals surface area contributed by atoms with Crippen LogP contribution in [-0.4, -0.2) is 43.7 Å². The molecular weight excluding hydrogens is 188 g/mol. The molecule has 0 atom stereocenters. The van der Waals surface area contributed by atoms with E-state index in [-0.39, 0.29) is 0 Å². The van der Waals surface area contributed by atoms with Gasteiger partial charge in [-0.15, -0.1) is 4.41 Å². The summed E-state index contributed by atoms with van der Waals surface area (Å²) in [6.07, 6.45) is 4.36. The molecule has 1 rings (SSSR count). The summed E-state index contributed by atoms with van der Waals surface area (Å²) in [5.41, 5.74) is 0. The first-order chi connectivity index (χ1) is 6.05. The van der Waals surface area contributed by atoms with Crippen LogP contribution in [0.2, 0.25) is 0 Å². The Kier molecular flexibility index (Phi) is 3.70. The molecule has 0 N–H and O–H groups in total. The number of hydrazine groups is 1. The molecule has 1 heterocycles.